The SMILES string of the molecule is CC(C)c1cc(Cc2n[nH]c(=O)c3ccccc23)ccc1F. The Morgan fingerprint density at radius 3 is 2.59 bits per heavy atom. The van der Waals surface area contributed by atoms with E-state index in [1.54, 1.807) is 12.1 Å². The number of aromatic nitrogens is 2. The Hall–Kier alpha value is -2.49. The minimum atomic E-state index is -0.193. The molecule has 0 saturated heterocycles. The quantitative estimate of drug-likeness (QED) is 0.799. The molecule has 0 radical (unpaired) electrons. The van der Waals surface area contributed by atoms with E-state index in [9.17, 15) is 9.18 Å². The fourth-order valence-corrected chi connectivity index (χ4v) is 2.65. The van der Waals surface area contributed by atoms with Crippen molar-refractivity contribution in [2.45, 2.75) is 26.2 Å². The van der Waals surface area contributed by atoms with E-state index in [1.807, 2.05) is 38.1 Å². The summed E-state index contributed by atoms with van der Waals surface area (Å²) >= 11 is 0. The second-order valence-corrected chi connectivity index (χ2v) is 5.73. The first-order chi connectivity index (χ1) is 10.6. The van der Waals surface area contributed by atoms with Gasteiger partial charge in [-0.1, -0.05) is 44.2 Å². The maximum Gasteiger partial charge on any atom is 0.272 e. The smallest absolute Gasteiger partial charge is 0.267 e. The molecule has 1 heterocycles. The molecule has 0 aliphatic carbocycles. The number of hydrogen-bond acceptors (Lipinski definition) is 2. The van der Waals surface area contributed by atoms with Crippen LogP contribution in [-0.4, -0.2) is 10.2 Å². The summed E-state index contributed by atoms with van der Waals surface area (Å²) in [4.78, 5) is 11.8. The standard InChI is InChI=1S/C18H17FN2O/c1-11(2)15-9-12(7-8-16(15)19)10-17-13-5-3-4-6-14(13)18(22)21-20-17/h3-9,11H,10H2,1-2H3,(H,21,22). The first-order valence-electron chi connectivity index (χ1n) is 7.31. The molecule has 0 aliphatic heterocycles. The van der Waals surface area contributed by atoms with E-state index < -0.39 is 0 Å². The van der Waals surface area contributed by atoms with Gasteiger partial charge in [0.25, 0.3) is 5.56 Å². The van der Waals surface area contributed by atoms with Gasteiger partial charge < -0.3 is 0 Å². The van der Waals surface area contributed by atoms with Crippen molar-refractivity contribution in [2.24, 2.45) is 0 Å². The molecule has 0 spiro atoms. The predicted molar refractivity (Wildman–Crippen MR) is 85.7 cm³/mol. The van der Waals surface area contributed by atoms with Crippen LogP contribution in [0.15, 0.2) is 47.3 Å². The maximum atomic E-state index is 13.8. The maximum absolute atomic E-state index is 13.8. The highest BCUT2D eigenvalue weighted by atomic mass is 19.1. The lowest BCUT2D eigenvalue weighted by Gasteiger charge is -2.10. The van der Waals surface area contributed by atoms with Gasteiger partial charge in [-0.25, -0.2) is 9.49 Å². The molecule has 0 aliphatic rings. The molecule has 22 heavy (non-hydrogen) atoms. The zero-order chi connectivity index (χ0) is 15.7. The molecule has 2 aromatic carbocycles. The molecule has 0 saturated carbocycles. The van der Waals surface area contributed by atoms with Crippen LogP contribution in [-0.2, 0) is 6.42 Å². The number of nitrogens with one attached hydrogen (secondary N) is 1. The predicted octanol–water partition coefficient (Wildman–Crippen LogP) is 3.78. The number of aromatic amines is 1. The molecule has 0 bridgehead atoms. The van der Waals surface area contributed by atoms with E-state index in [0.717, 1.165) is 16.6 Å². The van der Waals surface area contributed by atoms with Crippen molar-refractivity contribution >= 4 is 10.8 Å². The summed E-state index contributed by atoms with van der Waals surface area (Å²) in [6, 6.07) is 12.5. The van der Waals surface area contributed by atoms with E-state index in [1.165, 1.54) is 6.07 Å². The van der Waals surface area contributed by atoms with Crippen LogP contribution >= 0.6 is 0 Å². The molecule has 112 valence electrons. The summed E-state index contributed by atoms with van der Waals surface area (Å²) in [5.74, 6) is -0.0572. The summed E-state index contributed by atoms with van der Waals surface area (Å²) in [5.41, 5.74) is 2.28. The summed E-state index contributed by atoms with van der Waals surface area (Å²) in [7, 11) is 0. The number of fused-ring (bicyclic) bond motifs is 1. The van der Waals surface area contributed by atoms with Crippen LogP contribution in [0.4, 0.5) is 4.39 Å². The van der Waals surface area contributed by atoms with Crippen LogP contribution < -0.4 is 5.56 Å². The molecular formula is C18H17FN2O. The number of hydrogen-bond donors (Lipinski definition) is 1. The number of benzene rings is 2. The fourth-order valence-electron chi connectivity index (χ4n) is 2.65. The zero-order valence-corrected chi connectivity index (χ0v) is 12.6. The molecular weight excluding hydrogens is 279 g/mol. The first kappa shape index (κ1) is 14.4. The highest BCUT2D eigenvalue weighted by Gasteiger charge is 2.10. The lowest BCUT2D eigenvalue weighted by molar-refractivity contribution is 0.597. The highest BCUT2D eigenvalue weighted by molar-refractivity contribution is 5.83. The minimum Gasteiger partial charge on any atom is -0.267 e. The number of nitrogens with zero attached hydrogens (tertiary/aromatic N) is 1. The van der Waals surface area contributed by atoms with Crippen LogP contribution in [0.2, 0.25) is 0 Å². The Morgan fingerprint density at radius 2 is 1.86 bits per heavy atom. The number of halogens is 1. The van der Waals surface area contributed by atoms with Gasteiger partial charge >= 0.3 is 0 Å². The molecule has 3 nitrogen and oxygen atoms in total. The zero-order valence-electron chi connectivity index (χ0n) is 12.6. The molecule has 4 heteroatoms. The summed E-state index contributed by atoms with van der Waals surface area (Å²) in [6.07, 6.45) is 0.553. The van der Waals surface area contributed by atoms with E-state index in [2.05, 4.69) is 10.2 Å². The van der Waals surface area contributed by atoms with Gasteiger partial charge in [-0.2, -0.15) is 5.10 Å². The number of H-pyrrole nitrogens is 1. The topological polar surface area (TPSA) is 45.8 Å². The average Bonchev–Trinajstić information content (AvgIpc) is 2.52. The normalized spacial score (nSPS) is 11.3. The fraction of sp³-hybridized carbons (Fsp3) is 0.222. The van der Waals surface area contributed by atoms with Gasteiger partial charge in [0, 0.05) is 11.8 Å². The molecule has 0 amide bonds. The average molecular weight is 296 g/mol. The Labute approximate surface area is 127 Å². The van der Waals surface area contributed by atoms with Gasteiger partial charge in [0.2, 0.25) is 0 Å². The van der Waals surface area contributed by atoms with Crippen LogP contribution in [0.3, 0.4) is 0 Å². The van der Waals surface area contributed by atoms with Crippen molar-refractivity contribution in [3.8, 4) is 0 Å². The van der Waals surface area contributed by atoms with Gasteiger partial charge in [-0.05, 0) is 29.2 Å². The second kappa shape index (κ2) is 5.72. The molecule has 0 unspecified atom stereocenters. The van der Waals surface area contributed by atoms with Crippen molar-refractivity contribution in [2.75, 3.05) is 0 Å². The first-order valence-corrected chi connectivity index (χ1v) is 7.31. The van der Waals surface area contributed by atoms with Gasteiger partial charge in [0.05, 0.1) is 11.1 Å². The minimum absolute atomic E-state index is 0.125. The molecule has 3 rings (SSSR count). The van der Waals surface area contributed by atoms with Gasteiger partial charge in [-0.3, -0.25) is 4.79 Å². The molecule has 1 aromatic heterocycles. The van der Waals surface area contributed by atoms with Crippen molar-refractivity contribution < 1.29 is 4.39 Å². The second-order valence-electron chi connectivity index (χ2n) is 5.73. The van der Waals surface area contributed by atoms with Crippen molar-refractivity contribution in [3.63, 3.8) is 0 Å². The Morgan fingerprint density at radius 1 is 1.14 bits per heavy atom. The highest BCUT2D eigenvalue weighted by Crippen LogP contribution is 2.22. The lowest BCUT2D eigenvalue weighted by Crippen LogP contribution is -2.11. The summed E-state index contributed by atoms with van der Waals surface area (Å²) < 4.78 is 13.8. The van der Waals surface area contributed by atoms with Gasteiger partial charge in [-0.15, -0.1) is 0 Å². The Bertz CT molecular complexity index is 884. The molecule has 1 N–H and O–H groups in total. The van der Waals surface area contributed by atoms with Gasteiger partial charge in [0.15, 0.2) is 0 Å². The monoisotopic (exact) mass is 296 g/mol. The van der Waals surface area contributed by atoms with E-state index in [4.69, 9.17) is 0 Å². The van der Waals surface area contributed by atoms with Crippen LogP contribution in [0, 0.1) is 5.82 Å². The molecule has 3 aromatic rings. The van der Waals surface area contributed by atoms with E-state index in [0.29, 0.717) is 17.4 Å². The lowest BCUT2D eigenvalue weighted by atomic mass is 9.97. The van der Waals surface area contributed by atoms with Crippen LogP contribution in [0.25, 0.3) is 10.8 Å². The Balaban J connectivity index is 2.06. The molecule has 0 atom stereocenters. The largest absolute Gasteiger partial charge is 0.272 e. The van der Waals surface area contributed by atoms with Crippen LogP contribution in [0.5, 0.6) is 0 Å². The van der Waals surface area contributed by atoms with Crippen LogP contribution in [0.1, 0.15) is 36.6 Å². The van der Waals surface area contributed by atoms with E-state index >= 15 is 0 Å². The Kier molecular flexibility index (Phi) is 3.75. The van der Waals surface area contributed by atoms with Crippen molar-refractivity contribution in [3.05, 3.63) is 75.5 Å². The third-order valence-electron chi connectivity index (χ3n) is 3.83. The number of rotatable bonds is 3. The van der Waals surface area contributed by atoms with E-state index in [-0.39, 0.29) is 17.3 Å². The van der Waals surface area contributed by atoms with Crippen molar-refractivity contribution in [1.29, 1.82) is 0 Å². The third-order valence-corrected chi connectivity index (χ3v) is 3.83. The van der Waals surface area contributed by atoms with Crippen molar-refractivity contribution in [1.82, 2.24) is 10.2 Å². The molecule has 0 fully saturated rings. The third kappa shape index (κ3) is 2.64. The summed E-state index contributed by atoms with van der Waals surface area (Å²) in [6.45, 7) is 3.94. The van der Waals surface area contributed by atoms with Gasteiger partial charge in [0.1, 0.15) is 5.82 Å². The summed E-state index contributed by atoms with van der Waals surface area (Å²) in [5, 5.41) is 8.16.